The standard InChI is InChI=1S/C25H35N7O/c1-16-13-32(14-17(2)30-16)22-6-4-5-19(31-22)11-26-24-23-21(12-27-25(23)29-15-28-24)18-7-9-20(33-3)10-8-18/h4-6,12,15-18,20,30H,7-11,13-14H2,1-3H3,(H2,26,27,28,29)/t16-,17+,18?,20?. The van der Waals surface area contributed by atoms with Crippen LogP contribution < -0.4 is 15.5 Å². The summed E-state index contributed by atoms with van der Waals surface area (Å²) in [5, 5.41) is 8.25. The highest BCUT2D eigenvalue weighted by Gasteiger charge is 2.26. The summed E-state index contributed by atoms with van der Waals surface area (Å²) in [6.07, 6.45) is 8.60. The third-order valence-corrected chi connectivity index (χ3v) is 7.06. The number of methoxy groups -OCH3 is 1. The van der Waals surface area contributed by atoms with Gasteiger partial charge in [-0.2, -0.15) is 0 Å². The SMILES string of the molecule is COC1CCC(c2c[nH]c3ncnc(NCc4cccc(N5C[C@@H](C)N[C@@H](C)C5)n4)c23)CC1. The summed E-state index contributed by atoms with van der Waals surface area (Å²) < 4.78 is 5.56. The molecule has 1 saturated carbocycles. The molecular formula is C25H35N7O. The van der Waals surface area contributed by atoms with Crippen LogP contribution in [0.15, 0.2) is 30.7 Å². The monoisotopic (exact) mass is 449 g/mol. The van der Waals surface area contributed by atoms with E-state index in [1.807, 2.05) is 7.11 Å². The van der Waals surface area contributed by atoms with Gasteiger partial charge in [-0.05, 0) is 63.1 Å². The molecule has 0 radical (unpaired) electrons. The van der Waals surface area contributed by atoms with Crippen molar-refractivity contribution in [1.29, 1.82) is 0 Å². The summed E-state index contributed by atoms with van der Waals surface area (Å²) in [6.45, 7) is 7.02. The largest absolute Gasteiger partial charge is 0.381 e. The molecule has 4 heterocycles. The topological polar surface area (TPSA) is 91.0 Å². The Morgan fingerprint density at radius 1 is 1.09 bits per heavy atom. The summed E-state index contributed by atoms with van der Waals surface area (Å²) in [5.74, 6) is 2.43. The van der Waals surface area contributed by atoms with Crippen LogP contribution in [0.5, 0.6) is 0 Å². The number of rotatable bonds is 6. The van der Waals surface area contributed by atoms with E-state index in [-0.39, 0.29) is 0 Å². The molecule has 8 heteroatoms. The molecule has 2 atom stereocenters. The van der Waals surface area contributed by atoms with Gasteiger partial charge in [-0.25, -0.2) is 15.0 Å². The number of H-pyrrole nitrogens is 1. The van der Waals surface area contributed by atoms with E-state index in [0.717, 1.165) is 67.1 Å². The summed E-state index contributed by atoms with van der Waals surface area (Å²) in [5.41, 5.74) is 3.21. The molecule has 1 aliphatic heterocycles. The molecule has 8 nitrogen and oxygen atoms in total. The molecule has 0 amide bonds. The second-order valence-electron chi connectivity index (χ2n) is 9.61. The third-order valence-electron chi connectivity index (χ3n) is 7.06. The van der Waals surface area contributed by atoms with Gasteiger partial charge >= 0.3 is 0 Å². The van der Waals surface area contributed by atoms with Gasteiger partial charge in [0, 0.05) is 38.5 Å². The van der Waals surface area contributed by atoms with Gasteiger partial charge in [0.2, 0.25) is 0 Å². The lowest BCUT2D eigenvalue weighted by molar-refractivity contribution is 0.0660. The molecule has 2 fully saturated rings. The van der Waals surface area contributed by atoms with Crippen LogP contribution in [0.2, 0.25) is 0 Å². The lowest BCUT2D eigenvalue weighted by Crippen LogP contribution is -2.54. The fourth-order valence-corrected chi connectivity index (χ4v) is 5.48. The number of piperazine rings is 1. The van der Waals surface area contributed by atoms with Crippen molar-refractivity contribution in [2.75, 3.05) is 30.4 Å². The van der Waals surface area contributed by atoms with E-state index in [1.165, 1.54) is 5.56 Å². The van der Waals surface area contributed by atoms with Crippen LogP contribution >= 0.6 is 0 Å². The fraction of sp³-hybridized carbons (Fsp3) is 0.560. The van der Waals surface area contributed by atoms with E-state index in [4.69, 9.17) is 9.72 Å². The van der Waals surface area contributed by atoms with Gasteiger partial charge in [0.25, 0.3) is 0 Å². The first-order valence-electron chi connectivity index (χ1n) is 12.2. The Morgan fingerprint density at radius 3 is 2.64 bits per heavy atom. The zero-order valence-corrected chi connectivity index (χ0v) is 19.8. The third kappa shape index (κ3) is 4.82. The number of nitrogens with one attached hydrogen (secondary N) is 3. The molecule has 0 aromatic carbocycles. The number of ether oxygens (including phenoxy) is 1. The number of fused-ring (bicyclic) bond motifs is 1. The zero-order valence-electron chi connectivity index (χ0n) is 19.8. The Balaban J connectivity index is 1.33. The van der Waals surface area contributed by atoms with Crippen LogP contribution in [0.25, 0.3) is 11.0 Å². The Bertz CT molecular complexity index is 1070. The van der Waals surface area contributed by atoms with Crippen LogP contribution in [0.1, 0.15) is 56.7 Å². The number of hydrogen-bond donors (Lipinski definition) is 3. The Kier molecular flexibility index (Phi) is 6.46. The minimum atomic E-state index is 0.389. The number of hydrogen-bond acceptors (Lipinski definition) is 7. The molecule has 3 aromatic rings. The predicted molar refractivity (Wildman–Crippen MR) is 132 cm³/mol. The van der Waals surface area contributed by atoms with Crippen LogP contribution in [0, 0.1) is 0 Å². The molecule has 0 unspecified atom stereocenters. The summed E-state index contributed by atoms with van der Waals surface area (Å²) in [6, 6.07) is 7.20. The molecule has 3 N–H and O–H groups in total. The van der Waals surface area contributed by atoms with Gasteiger partial charge in [-0.3, -0.25) is 0 Å². The summed E-state index contributed by atoms with van der Waals surface area (Å²) in [4.78, 5) is 19.8. The van der Waals surface area contributed by atoms with Crippen molar-refractivity contribution >= 4 is 22.7 Å². The van der Waals surface area contributed by atoms with E-state index in [9.17, 15) is 0 Å². The maximum atomic E-state index is 5.56. The van der Waals surface area contributed by atoms with Crippen LogP contribution in [-0.2, 0) is 11.3 Å². The van der Waals surface area contributed by atoms with Gasteiger partial charge < -0.3 is 25.3 Å². The highest BCUT2D eigenvalue weighted by molar-refractivity contribution is 5.90. The van der Waals surface area contributed by atoms with E-state index < -0.39 is 0 Å². The fourth-order valence-electron chi connectivity index (χ4n) is 5.48. The first kappa shape index (κ1) is 22.1. The molecule has 1 aliphatic carbocycles. The molecule has 3 aromatic heterocycles. The minimum absolute atomic E-state index is 0.389. The molecule has 176 valence electrons. The van der Waals surface area contributed by atoms with E-state index in [2.05, 4.69) is 68.7 Å². The smallest absolute Gasteiger partial charge is 0.143 e. The Morgan fingerprint density at radius 2 is 1.88 bits per heavy atom. The van der Waals surface area contributed by atoms with Gasteiger partial charge in [-0.1, -0.05) is 6.07 Å². The predicted octanol–water partition coefficient (Wildman–Crippen LogP) is 3.82. The van der Waals surface area contributed by atoms with E-state index in [0.29, 0.717) is 30.7 Å². The maximum absolute atomic E-state index is 5.56. The average molecular weight is 450 g/mol. The first-order chi connectivity index (χ1) is 16.1. The van der Waals surface area contributed by atoms with Gasteiger partial charge in [-0.15, -0.1) is 0 Å². The molecule has 0 bridgehead atoms. The number of nitrogens with zero attached hydrogens (tertiary/aromatic N) is 4. The molecule has 33 heavy (non-hydrogen) atoms. The second kappa shape index (κ2) is 9.65. The lowest BCUT2D eigenvalue weighted by atomic mass is 9.83. The van der Waals surface area contributed by atoms with E-state index in [1.54, 1.807) is 6.33 Å². The molecule has 1 saturated heterocycles. The summed E-state index contributed by atoms with van der Waals surface area (Å²) in [7, 11) is 1.82. The normalized spacial score (nSPS) is 26.0. The maximum Gasteiger partial charge on any atom is 0.143 e. The quantitative estimate of drug-likeness (QED) is 0.527. The lowest BCUT2D eigenvalue weighted by Gasteiger charge is -2.37. The first-order valence-corrected chi connectivity index (χ1v) is 12.2. The van der Waals surface area contributed by atoms with Crippen LogP contribution in [-0.4, -0.2) is 58.3 Å². The van der Waals surface area contributed by atoms with Crippen molar-refractivity contribution in [2.24, 2.45) is 0 Å². The highest BCUT2D eigenvalue weighted by Crippen LogP contribution is 2.38. The number of anilines is 2. The van der Waals surface area contributed by atoms with Crippen LogP contribution in [0.4, 0.5) is 11.6 Å². The Hall–Kier alpha value is -2.71. The van der Waals surface area contributed by atoms with Crippen molar-refractivity contribution in [3.8, 4) is 0 Å². The number of aromatic amines is 1. The second-order valence-corrected chi connectivity index (χ2v) is 9.61. The van der Waals surface area contributed by atoms with Gasteiger partial charge in [0.05, 0.1) is 23.7 Å². The Labute approximate surface area is 195 Å². The van der Waals surface area contributed by atoms with Crippen molar-refractivity contribution in [3.05, 3.63) is 42.0 Å². The van der Waals surface area contributed by atoms with Gasteiger partial charge in [0.15, 0.2) is 0 Å². The molecule has 2 aliphatic rings. The van der Waals surface area contributed by atoms with Gasteiger partial charge in [0.1, 0.15) is 23.6 Å². The molecule has 5 rings (SSSR count). The minimum Gasteiger partial charge on any atom is -0.381 e. The zero-order chi connectivity index (χ0) is 22.8. The van der Waals surface area contributed by atoms with Crippen molar-refractivity contribution in [1.82, 2.24) is 25.3 Å². The van der Waals surface area contributed by atoms with Crippen molar-refractivity contribution in [3.63, 3.8) is 0 Å². The molecular weight excluding hydrogens is 414 g/mol. The highest BCUT2D eigenvalue weighted by atomic mass is 16.5. The average Bonchev–Trinajstić information content (AvgIpc) is 3.27. The van der Waals surface area contributed by atoms with Crippen LogP contribution in [0.3, 0.4) is 0 Å². The number of aromatic nitrogens is 4. The summed E-state index contributed by atoms with van der Waals surface area (Å²) >= 11 is 0. The van der Waals surface area contributed by atoms with Crippen molar-refractivity contribution in [2.45, 2.75) is 70.2 Å². The van der Waals surface area contributed by atoms with Crippen molar-refractivity contribution < 1.29 is 4.74 Å². The molecule has 0 spiro atoms. The van der Waals surface area contributed by atoms with E-state index >= 15 is 0 Å². The number of pyridine rings is 1.